The average molecular weight is 305 g/mol. The van der Waals surface area contributed by atoms with Gasteiger partial charge in [-0.1, -0.05) is 29.8 Å². The van der Waals surface area contributed by atoms with E-state index in [0.29, 0.717) is 26.9 Å². The summed E-state index contributed by atoms with van der Waals surface area (Å²) in [6.45, 7) is 3.29. The van der Waals surface area contributed by atoms with Gasteiger partial charge in [-0.25, -0.2) is 0 Å². The minimum atomic E-state index is -0.472. The SMILES string of the molecule is CC(=O)C1=C(C)NC(S)=C(C#N)[C@@H]1c1ccccc1Cl. The van der Waals surface area contributed by atoms with E-state index >= 15 is 0 Å². The molecule has 1 atom stereocenters. The number of halogens is 1. The first-order valence-corrected chi connectivity index (χ1v) is 6.86. The number of Topliss-reactive ketones (excluding diaryl/α,β-unsaturated/α-hetero) is 1. The van der Waals surface area contributed by atoms with Crippen LogP contribution in [0.15, 0.2) is 46.1 Å². The number of nitrogens with zero attached hydrogens (tertiary/aromatic N) is 1. The summed E-state index contributed by atoms with van der Waals surface area (Å²) in [5.41, 5.74) is 2.39. The highest BCUT2D eigenvalue weighted by atomic mass is 35.5. The van der Waals surface area contributed by atoms with Crippen LogP contribution in [0.5, 0.6) is 0 Å². The first-order valence-electron chi connectivity index (χ1n) is 6.03. The number of dihydropyridines is 1. The third-order valence-electron chi connectivity index (χ3n) is 3.26. The molecule has 0 saturated heterocycles. The molecule has 20 heavy (non-hydrogen) atoms. The van der Waals surface area contributed by atoms with Gasteiger partial charge in [0.2, 0.25) is 0 Å². The van der Waals surface area contributed by atoms with Crippen molar-refractivity contribution in [1.29, 1.82) is 5.26 Å². The maximum Gasteiger partial charge on any atom is 0.158 e. The molecule has 0 aliphatic carbocycles. The number of hydrogen-bond donors (Lipinski definition) is 2. The molecule has 0 amide bonds. The van der Waals surface area contributed by atoms with Crippen molar-refractivity contribution in [2.45, 2.75) is 19.8 Å². The van der Waals surface area contributed by atoms with Crippen molar-refractivity contribution in [3.05, 3.63) is 56.7 Å². The van der Waals surface area contributed by atoms with Crippen LogP contribution in [0.1, 0.15) is 25.3 Å². The van der Waals surface area contributed by atoms with E-state index in [4.69, 9.17) is 11.6 Å². The molecule has 0 fully saturated rings. The first kappa shape index (κ1) is 14.7. The zero-order valence-electron chi connectivity index (χ0n) is 11.1. The van der Waals surface area contributed by atoms with Crippen molar-refractivity contribution < 1.29 is 4.79 Å². The molecule has 5 heteroatoms. The number of ketones is 1. The lowest BCUT2D eigenvalue weighted by atomic mass is 9.81. The molecule has 0 aromatic heterocycles. The molecule has 1 heterocycles. The zero-order chi connectivity index (χ0) is 14.9. The Labute approximate surface area is 128 Å². The van der Waals surface area contributed by atoms with Crippen molar-refractivity contribution in [1.82, 2.24) is 5.32 Å². The molecule has 2 rings (SSSR count). The predicted octanol–water partition coefficient (Wildman–Crippen LogP) is 3.55. The van der Waals surface area contributed by atoms with Crippen molar-refractivity contribution in [3.8, 4) is 6.07 Å². The second kappa shape index (κ2) is 5.74. The van der Waals surface area contributed by atoms with Crippen LogP contribution >= 0.6 is 24.2 Å². The van der Waals surface area contributed by atoms with E-state index in [1.165, 1.54) is 6.92 Å². The summed E-state index contributed by atoms with van der Waals surface area (Å²) in [4.78, 5) is 12.0. The van der Waals surface area contributed by atoms with Crippen LogP contribution in [0.4, 0.5) is 0 Å². The number of carbonyl (C=O) groups is 1. The Kier molecular flexibility index (Phi) is 4.22. The minimum Gasteiger partial charge on any atom is -0.353 e. The average Bonchev–Trinajstić information content (AvgIpc) is 2.38. The lowest BCUT2D eigenvalue weighted by molar-refractivity contribution is -0.113. The smallest absolute Gasteiger partial charge is 0.158 e. The molecule has 0 spiro atoms. The van der Waals surface area contributed by atoms with E-state index in [2.05, 4.69) is 24.0 Å². The second-order valence-corrected chi connectivity index (χ2v) is 5.40. The fourth-order valence-electron chi connectivity index (χ4n) is 2.41. The number of benzene rings is 1. The number of carbonyl (C=O) groups excluding carboxylic acids is 1. The summed E-state index contributed by atoms with van der Waals surface area (Å²) in [5, 5.41) is 13.3. The van der Waals surface area contributed by atoms with Crippen LogP contribution < -0.4 is 5.32 Å². The largest absolute Gasteiger partial charge is 0.353 e. The van der Waals surface area contributed by atoms with Gasteiger partial charge in [-0.05, 0) is 25.5 Å². The van der Waals surface area contributed by atoms with E-state index in [9.17, 15) is 10.1 Å². The number of allylic oxidation sites excluding steroid dienone is 3. The Balaban J connectivity index is 2.71. The van der Waals surface area contributed by atoms with Gasteiger partial charge in [0.25, 0.3) is 0 Å². The van der Waals surface area contributed by atoms with Gasteiger partial charge in [-0.3, -0.25) is 4.79 Å². The maximum atomic E-state index is 12.0. The standard InChI is InChI=1S/C15H13ClN2OS/c1-8-13(9(2)19)14(11(7-17)15(20)18-8)10-5-3-4-6-12(10)16/h3-6,14,18,20H,1-2H3/t14-/m0/s1. The molecule has 1 aromatic rings. The van der Waals surface area contributed by atoms with Crippen LogP contribution in [0.25, 0.3) is 0 Å². The lowest BCUT2D eigenvalue weighted by Crippen LogP contribution is -2.26. The van der Waals surface area contributed by atoms with E-state index in [1.807, 2.05) is 18.2 Å². The zero-order valence-corrected chi connectivity index (χ0v) is 12.7. The summed E-state index contributed by atoms with van der Waals surface area (Å²) < 4.78 is 0. The van der Waals surface area contributed by atoms with E-state index in [1.54, 1.807) is 13.0 Å². The molecule has 1 aliphatic heterocycles. The van der Waals surface area contributed by atoms with Crippen LogP contribution in [-0.2, 0) is 4.79 Å². The Morgan fingerprint density at radius 3 is 2.65 bits per heavy atom. The Morgan fingerprint density at radius 1 is 1.45 bits per heavy atom. The minimum absolute atomic E-state index is 0.0893. The maximum absolute atomic E-state index is 12.0. The van der Waals surface area contributed by atoms with Gasteiger partial charge in [0.15, 0.2) is 5.78 Å². The lowest BCUT2D eigenvalue weighted by Gasteiger charge is -2.28. The highest BCUT2D eigenvalue weighted by molar-refractivity contribution is 7.84. The van der Waals surface area contributed by atoms with Gasteiger partial charge in [-0.2, -0.15) is 5.26 Å². The highest BCUT2D eigenvalue weighted by Gasteiger charge is 2.32. The summed E-state index contributed by atoms with van der Waals surface area (Å²) in [5.74, 6) is -0.562. The Morgan fingerprint density at radius 2 is 2.10 bits per heavy atom. The van der Waals surface area contributed by atoms with Gasteiger partial charge in [0.1, 0.15) is 0 Å². The summed E-state index contributed by atoms with van der Waals surface area (Å²) in [6.07, 6.45) is 0. The normalized spacial score (nSPS) is 18.6. The predicted molar refractivity (Wildman–Crippen MR) is 82.3 cm³/mol. The number of thiol groups is 1. The van der Waals surface area contributed by atoms with Crippen molar-refractivity contribution in [3.63, 3.8) is 0 Å². The molecule has 1 aliphatic rings. The summed E-state index contributed by atoms with van der Waals surface area (Å²) in [6, 6.07) is 9.36. The quantitative estimate of drug-likeness (QED) is 0.822. The second-order valence-electron chi connectivity index (χ2n) is 4.55. The van der Waals surface area contributed by atoms with Crippen molar-refractivity contribution in [2.24, 2.45) is 0 Å². The molecule has 0 radical (unpaired) electrons. The molecule has 1 N–H and O–H groups in total. The van der Waals surface area contributed by atoms with Gasteiger partial charge in [0, 0.05) is 16.3 Å². The van der Waals surface area contributed by atoms with Gasteiger partial charge >= 0.3 is 0 Å². The van der Waals surface area contributed by atoms with E-state index in [0.717, 1.165) is 5.56 Å². The van der Waals surface area contributed by atoms with Crippen molar-refractivity contribution >= 4 is 30.0 Å². The van der Waals surface area contributed by atoms with Gasteiger partial charge in [-0.15, -0.1) is 12.6 Å². The van der Waals surface area contributed by atoms with Crippen LogP contribution in [0.2, 0.25) is 5.02 Å². The third-order valence-corrected chi connectivity index (χ3v) is 3.96. The highest BCUT2D eigenvalue weighted by Crippen LogP contribution is 2.41. The van der Waals surface area contributed by atoms with E-state index in [-0.39, 0.29) is 5.78 Å². The number of nitriles is 1. The van der Waals surface area contributed by atoms with Crippen LogP contribution in [-0.4, -0.2) is 5.78 Å². The molecule has 0 bridgehead atoms. The van der Waals surface area contributed by atoms with Gasteiger partial charge in [0.05, 0.1) is 22.6 Å². The first-order chi connectivity index (χ1) is 9.47. The number of hydrogen-bond acceptors (Lipinski definition) is 4. The van der Waals surface area contributed by atoms with Gasteiger partial charge < -0.3 is 5.32 Å². The number of nitrogens with one attached hydrogen (secondary N) is 1. The number of rotatable bonds is 2. The fraction of sp³-hybridized carbons (Fsp3) is 0.200. The van der Waals surface area contributed by atoms with Crippen LogP contribution in [0.3, 0.4) is 0 Å². The molecule has 0 unspecified atom stereocenters. The Hall–Kier alpha value is -1.70. The topological polar surface area (TPSA) is 52.9 Å². The molecule has 0 saturated carbocycles. The Bertz CT molecular complexity index is 685. The fourth-order valence-corrected chi connectivity index (χ4v) is 3.01. The third kappa shape index (κ3) is 2.47. The molecular weight excluding hydrogens is 292 g/mol. The molecule has 102 valence electrons. The van der Waals surface area contributed by atoms with Crippen LogP contribution in [0, 0.1) is 11.3 Å². The molecule has 3 nitrogen and oxygen atoms in total. The monoisotopic (exact) mass is 304 g/mol. The van der Waals surface area contributed by atoms with Crippen molar-refractivity contribution in [2.75, 3.05) is 0 Å². The molecular formula is C15H13ClN2OS. The van der Waals surface area contributed by atoms with E-state index < -0.39 is 5.92 Å². The summed E-state index contributed by atoms with van der Waals surface area (Å²) >= 11 is 10.5. The summed E-state index contributed by atoms with van der Waals surface area (Å²) in [7, 11) is 0. The molecule has 1 aromatic carbocycles.